The fraction of sp³-hybridized carbons (Fsp3) is 0.143. The average molecular weight is 271 g/mol. The van der Waals surface area contributed by atoms with Gasteiger partial charge in [0.05, 0.1) is 0 Å². The molecule has 1 aromatic heterocycles. The standard InChI is InChI=1S/C14H13N3O3/c1-2-17(10-6-4-3-5-7-10)13(18)11-12(14(19)20)16-9-8-15-11/h3-9H,2H2,1H3,(H,19,20). The van der Waals surface area contributed by atoms with E-state index in [-0.39, 0.29) is 11.4 Å². The summed E-state index contributed by atoms with van der Waals surface area (Å²) >= 11 is 0. The molecule has 2 rings (SSSR count). The van der Waals surface area contributed by atoms with Crippen molar-refractivity contribution in [3.63, 3.8) is 0 Å². The van der Waals surface area contributed by atoms with Crippen LogP contribution in [0.3, 0.4) is 0 Å². The van der Waals surface area contributed by atoms with Crippen molar-refractivity contribution in [3.8, 4) is 0 Å². The van der Waals surface area contributed by atoms with Crippen molar-refractivity contribution < 1.29 is 14.7 Å². The van der Waals surface area contributed by atoms with Gasteiger partial charge >= 0.3 is 5.97 Å². The highest BCUT2D eigenvalue weighted by Gasteiger charge is 2.24. The molecule has 0 aliphatic heterocycles. The molecule has 0 spiro atoms. The molecule has 0 saturated carbocycles. The van der Waals surface area contributed by atoms with Crippen molar-refractivity contribution in [2.75, 3.05) is 11.4 Å². The number of amides is 1. The largest absolute Gasteiger partial charge is 0.476 e. The van der Waals surface area contributed by atoms with Crippen LogP contribution in [0.2, 0.25) is 0 Å². The van der Waals surface area contributed by atoms with E-state index in [0.29, 0.717) is 12.2 Å². The van der Waals surface area contributed by atoms with Crippen molar-refractivity contribution in [3.05, 3.63) is 54.1 Å². The Bertz CT molecular complexity index is 629. The maximum Gasteiger partial charge on any atom is 0.356 e. The van der Waals surface area contributed by atoms with Gasteiger partial charge in [-0.05, 0) is 19.1 Å². The Labute approximate surface area is 115 Å². The number of para-hydroxylation sites is 1. The van der Waals surface area contributed by atoms with E-state index in [9.17, 15) is 9.59 Å². The number of hydrogen-bond donors (Lipinski definition) is 1. The van der Waals surface area contributed by atoms with Gasteiger partial charge in [0.1, 0.15) is 0 Å². The molecule has 1 amide bonds. The van der Waals surface area contributed by atoms with Gasteiger partial charge in [0.25, 0.3) is 5.91 Å². The Kier molecular flexibility index (Phi) is 4.05. The molecule has 0 unspecified atom stereocenters. The molecule has 0 saturated heterocycles. The van der Waals surface area contributed by atoms with Crippen LogP contribution in [0, 0.1) is 0 Å². The molecule has 102 valence electrons. The number of nitrogens with zero attached hydrogens (tertiary/aromatic N) is 3. The number of aromatic nitrogens is 2. The lowest BCUT2D eigenvalue weighted by Crippen LogP contribution is -2.33. The lowest BCUT2D eigenvalue weighted by molar-refractivity contribution is 0.0684. The van der Waals surface area contributed by atoms with Gasteiger partial charge in [0.15, 0.2) is 11.4 Å². The van der Waals surface area contributed by atoms with E-state index in [0.717, 1.165) is 0 Å². The molecular formula is C14H13N3O3. The Morgan fingerprint density at radius 1 is 1.10 bits per heavy atom. The number of carboxylic acids is 1. The molecule has 0 fully saturated rings. The minimum absolute atomic E-state index is 0.161. The maximum atomic E-state index is 12.5. The van der Waals surface area contributed by atoms with Gasteiger partial charge in [-0.2, -0.15) is 0 Å². The SMILES string of the molecule is CCN(C(=O)c1nccnc1C(=O)O)c1ccccc1. The predicted octanol–water partition coefficient (Wildman–Crippen LogP) is 1.84. The molecule has 6 nitrogen and oxygen atoms in total. The summed E-state index contributed by atoms with van der Waals surface area (Å²) in [5.74, 6) is -1.75. The van der Waals surface area contributed by atoms with E-state index in [1.165, 1.54) is 17.3 Å². The summed E-state index contributed by atoms with van der Waals surface area (Å²) < 4.78 is 0. The maximum absolute atomic E-state index is 12.5. The number of anilines is 1. The van der Waals surface area contributed by atoms with Crippen LogP contribution in [0.15, 0.2) is 42.7 Å². The number of rotatable bonds is 4. The lowest BCUT2D eigenvalue weighted by Gasteiger charge is -2.20. The molecule has 2 aromatic rings. The van der Waals surface area contributed by atoms with E-state index in [1.807, 2.05) is 13.0 Å². The number of carboxylic acid groups (broad SMARTS) is 1. The van der Waals surface area contributed by atoms with Crippen LogP contribution in [0.5, 0.6) is 0 Å². The van der Waals surface area contributed by atoms with Crippen molar-refractivity contribution >= 4 is 17.6 Å². The molecule has 20 heavy (non-hydrogen) atoms. The number of carbonyl (C=O) groups is 2. The molecule has 0 bridgehead atoms. The summed E-state index contributed by atoms with van der Waals surface area (Å²) in [6.45, 7) is 2.21. The van der Waals surface area contributed by atoms with Crippen LogP contribution >= 0.6 is 0 Å². The Hall–Kier alpha value is -2.76. The first-order chi connectivity index (χ1) is 9.65. The summed E-state index contributed by atoms with van der Waals surface area (Å²) in [4.78, 5) is 32.6. The van der Waals surface area contributed by atoms with Gasteiger partial charge in [-0.25, -0.2) is 14.8 Å². The van der Waals surface area contributed by atoms with Gasteiger partial charge < -0.3 is 10.0 Å². The molecule has 1 N–H and O–H groups in total. The fourth-order valence-corrected chi connectivity index (χ4v) is 1.83. The van der Waals surface area contributed by atoms with Crippen LogP contribution in [-0.4, -0.2) is 33.5 Å². The highest BCUT2D eigenvalue weighted by molar-refractivity contribution is 6.09. The molecule has 0 aliphatic carbocycles. The summed E-state index contributed by atoms with van der Waals surface area (Å²) in [7, 11) is 0. The van der Waals surface area contributed by atoms with Gasteiger partial charge in [-0.15, -0.1) is 0 Å². The minimum atomic E-state index is -1.27. The van der Waals surface area contributed by atoms with E-state index in [2.05, 4.69) is 9.97 Å². The van der Waals surface area contributed by atoms with E-state index < -0.39 is 11.9 Å². The zero-order chi connectivity index (χ0) is 14.5. The van der Waals surface area contributed by atoms with Crippen molar-refractivity contribution in [1.82, 2.24) is 9.97 Å². The van der Waals surface area contributed by atoms with Crippen LogP contribution in [0.25, 0.3) is 0 Å². The first kappa shape index (κ1) is 13.7. The second kappa shape index (κ2) is 5.92. The Morgan fingerprint density at radius 2 is 1.70 bits per heavy atom. The van der Waals surface area contributed by atoms with Crippen LogP contribution in [-0.2, 0) is 0 Å². The van der Waals surface area contributed by atoms with Crippen molar-refractivity contribution in [1.29, 1.82) is 0 Å². The zero-order valence-corrected chi connectivity index (χ0v) is 10.9. The third-order valence-electron chi connectivity index (χ3n) is 2.73. The predicted molar refractivity (Wildman–Crippen MR) is 72.8 cm³/mol. The molecule has 1 aromatic carbocycles. The highest BCUT2D eigenvalue weighted by atomic mass is 16.4. The van der Waals surface area contributed by atoms with Gasteiger partial charge in [-0.3, -0.25) is 4.79 Å². The van der Waals surface area contributed by atoms with Gasteiger partial charge in [0.2, 0.25) is 0 Å². The van der Waals surface area contributed by atoms with Crippen LogP contribution in [0.4, 0.5) is 5.69 Å². The molecule has 0 aliphatic rings. The summed E-state index contributed by atoms with van der Waals surface area (Å²) in [5.41, 5.74) is 0.180. The first-order valence-corrected chi connectivity index (χ1v) is 6.06. The Balaban J connectivity index is 2.42. The number of carbonyl (C=O) groups excluding carboxylic acids is 1. The van der Waals surface area contributed by atoms with E-state index >= 15 is 0 Å². The molecule has 6 heteroatoms. The molecule has 1 heterocycles. The lowest BCUT2D eigenvalue weighted by atomic mass is 10.2. The summed E-state index contributed by atoms with van der Waals surface area (Å²) in [6, 6.07) is 9.00. The minimum Gasteiger partial charge on any atom is -0.476 e. The first-order valence-electron chi connectivity index (χ1n) is 6.06. The molecular weight excluding hydrogens is 258 g/mol. The number of hydrogen-bond acceptors (Lipinski definition) is 4. The van der Waals surface area contributed by atoms with Crippen molar-refractivity contribution in [2.45, 2.75) is 6.92 Å². The third-order valence-corrected chi connectivity index (χ3v) is 2.73. The summed E-state index contributed by atoms with van der Waals surface area (Å²) in [5, 5.41) is 9.07. The highest BCUT2D eigenvalue weighted by Crippen LogP contribution is 2.16. The van der Waals surface area contributed by atoms with E-state index in [1.54, 1.807) is 24.3 Å². The smallest absolute Gasteiger partial charge is 0.356 e. The van der Waals surface area contributed by atoms with Crippen LogP contribution in [0.1, 0.15) is 27.9 Å². The van der Waals surface area contributed by atoms with Crippen LogP contribution < -0.4 is 4.90 Å². The van der Waals surface area contributed by atoms with Gasteiger partial charge in [-0.1, -0.05) is 18.2 Å². The summed E-state index contributed by atoms with van der Waals surface area (Å²) in [6.07, 6.45) is 2.55. The third kappa shape index (κ3) is 2.64. The fourth-order valence-electron chi connectivity index (χ4n) is 1.83. The number of aromatic carboxylic acids is 1. The molecule has 0 atom stereocenters. The zero-order valence-electron chi connectivity index (χ0n) is 10.9. The topological polar surface area (TPSA) is 83.4 Å². The second-order valence-electron chi connectivity index (χ2n) is 3.94. The monoisotopic (exact) mass is 271 g/mol. The number of benzene rings is 1. The van der Waals surface area contributed by atoms with E-state index in [4.69, 9.17) is 5.11 Å². The second-order valence-corrected chi connectivity index (χ2v) is 3.94. The van der Waals surface area contributed by atoms with Crippen molar-refractivity contribution in [2.24, 2.45) is 0 Å². The Morgan fingerprint density at radius 3 is 2.25 bits per heavy atom. The molecule has 0 radical (unpaired) electrons. The van der Waals surface area contributed by atoms with Gasteiger partial charge in [0, 0.05) is 24.6 Å². The quantitative estimate of drug-likeness (QED) is 0.917. The average Bonchev–Trinajstić information content (AvgIpc) is 2.49. The normalized spacial score (nSPS) is 10.1.